The van der Waals surface area contributed by atoms with Crippen molar-refractivity contribution < 1.29 is 23.8 Å². The lowest BCUT2D eigenvalue weighted by molar-refractivity contribution is -0.138. The van der Waals surface area contributed by atoms with E-state index in [0.29, 0.717) is 32.0 Å². The maximum atomic E-state index is 14.3. The molecule has 0 saturated carbocycles. The summed E-state index contributed by atoms with van der Waals surface area (Å²) in [4.78, 5) is 13.5. The molecule has 1 atom stereocenters. The molecule has 0 spiro atoms. The molecule has 4 aromatic carbocycles. The van der Waals surface area contributed by atoms with Gasteiger partial charge in [-0.05, 0) is 43.2 Å². The van der Waals surface area contributed by atoms with Crippen molar-refractivity contribution in [3.05, 3.63) is 125 Å². The van der Waals surface area contributed by atoms with E-state index in [4.69, 9.17) is 15.2 Å². The molecule has 0 radical (unpaired) electrons. The summed E-state index contributed by atoms with van der Waals surface area (Å²) in [5.74, 6) is -0.0720. The van der Waals surface area contributed by atoms with Gasteiger partial charge in [-0.15, -0.1) is 0 Å². The van der Waals surface area contributed by atoms with Crippen molar-refractivity contribution in [2.45, 2.75) is 39.1 Å². The number of aryl methyl sites for hydroxylation is 1. The molecular formula is C32H33FN2O4. The summed E-state index contributed by atoms with van der Waals surface area (Å²) in [5.41, 5.74) is 9.88. The van der Waals surface area contributed by atoms with Gasteiger partial charge in [-0.3, -0.25) is 9.69 Å². The summed E-state index contributed by atoms with van der Waals surface area (Å²) in [6, 6.07) is 28.7. The van der Waals surface area contributed by atoms with Crippen molar-refractivity contribution >= 4 is 5.97 Å². The number of nitrogens with two attached hydrogens (primary N) is 1. The van der Waals surface area contributed by atoms with Gasteiger partial charge in [0.25, 0.3) is 0 Å². The summed E-state index contributed by atoms with van der Waals surface area (Å²) in [7, 11) is 0. The highest BCUT2D eigenvalue weighted by atomic mass is 19.1. The van der Waals surface area contributed by atoms with E-state index in [9.17, 15) is 14.3 Å². The lowest BCUT2D eigenvalue weighted by Gasteiger charge is -2.25. The van der Waals surface area contributed by atoms with Crippen LogP contribution in [0.5, 0.6) is 17.2 Å². The van der Waals surface area contributed by atoms with E-state index < -0.39 is 17.8 Å². The lowest BCUT2D eigenvalue weighted by atomic mass is 10.1. The van der Waals surface area contributed by atoms with Gasteiger partial charge in [0.2, 0.25) is 0 Å². The van der Waals surface area contributed by atoms with Crippen LogP contribution in [0.2, 0.25) is 0 Å². The fourth-order valence-electron chi connectivity index (χ4n) is 4.26. The zero-order valence-corrected chi connectivity index (χ0v) is 21.9. The topological polar surface area (TPSA) is 85.0 Å². The van der Waals surface area contributed by atoms with Crippen molar-refractivity contribution in [1.82, 2.24) is 4.90 Å². The molecule has 4 aromatic rings. The third-order valence-corrected chi connectivity index (χ3v) is 6.34. The summed E-state index contributed by atoms with van der Waals surface area (Å²) in [5, 5.41) is 9.33. The second-order valence-corrected chi connectivity index (χ2v) is 9.47. The zero-order valence-electron chi connectivity index (χ0n) is 21.9. The van der Waals surface area contributed by atoms with E-state index in [1.165, 1.54) is 11.6 Å². The van der Waals surface area contributed by atoms with Crippen LogP contribution >= 0.6 is 0 Å². The largest absolute Gasteiger partial charge is 0.489 e. The molecule has 0 aliphatic heterocycles. The van der Waals surface area contributed by atoms with Crippen LogP contribution in [0.25, 0.3) is 0 Å². The van der Waals surface area contributed by atoms with E-state index in [-0.39, 0.29) is 12.2 Å². The van der Waals surface area contributed by atoms with E-state index in [1.54, 1.807) is 24.3 Å². The van der Waals surface area contributed by atoms with Crippen molar-refractivity contribution in [2.24, 2.45) is 5.73 Å². The van der Waals surface area contributed by atoms with Crippen molar-refractivity contribution in [1.29, 1.82) is 0 Å². The molecule has 0 bridgehead atoms. The summed E-state index contributed by atoms with van der Waals surface area (Å²) in [6.45, 7) is 3.83. The number of nitrogens with zero attached hydrogens (tertiary/aromatic N) is 1. The number of ether oxygens (including phenoxy) is 2. The molecule has 1 unspecified atom stereocenters. The Hall–Kier alpha value is -4.20. The van der Waals surface area contributed by atoms with Gasteiger partial charge in [0, 0.05) is 30.8 Å². The molecule has 202 valence electrons. The molecule has 39 heavy (non-hydrogen) atoms. The fourth-order valence-corrected chi connectivity index (χ4v) is 4.26. The van der Waals surface area contributed by atoms with Crippen LogP contribution in [-0.2, 0) is 24.5 Å². The van der Waals surface area contributed by atoms with Gasteiger partial charge < -0.3 is 20.3 Å². The molecule has 0 fully saturated rings. The number of carbonyl (C=O) groups is 1. The predicted octanol–water partition coefficient (Wildman–Crippen LogP) is 6.31. The monoisotopic (exact) mass is 528 g/mol. The first-order valence-electron chi connectivity index (χ1n) is 12.9. The Morgan fingerprint density at radius 3 is 2.15 bits per heavy atom. The Balaban J connectivity index is 1.55. The predicted molar refractivity (Wildman–Crippen MR) is 149 cm³/mol. The average molecular weight is 529 g/mol. The van der Waals surface area contributed by atoms with Crippen molar-refractivity contribution in [3.8, 4) is 17.2 Å². The van der Waals surface area contributed by atoms with Gasteiger partial charge in [0.15, 0.2) is 11.6 Å². The van der Waals surface area contributed by atoms with Crippen molar-refractivity contribution in [3.63, 3.8) is 0 Å². The van der Waals surface area contributed by atoms with Crippen LogP contribution in [-0.4, -0.2) is 28.6 Å². The highest BCUT2D eigenvalue weighted by Gasteiger charge is 2.18. The Morgan fingerprint density at radius 2 is 1.49 bits per heavy atom. The fraction of sp³-hybridized carbons (Fsp3) is 0.219. The molecule has 0 saturated heterocycles. The Labute approximate surface area is 228 Å². The highest BCUT2D eigenvalue weighted by molar-refractivity contribution is 5.73. The number of halogens is 1. The van der Waals surface area contributed by atoms with Crippen LogP contribution < -0.4 is 15.2 Å². The molecule has 4 rings (SSSR count). The van der Waals surface area contributed by atoms with E-state index in [0.717, 1.165) is 22.4 Å². The van der Waals surface area contributed by atoms with Gasteiger partial charge in [0.1, 0.15) is 24.1 Å². The van der Waals surface area contributed by atoms with Gasteiger partial charge >= 0.3 is 5.97 Å². The third-order valence-electron chi connectivity index (χ3n) is 6.34. The quantitative estimate of drug-likeness (QED) is 0.212. The van der Waals surface area contributed by atoms with Crippen LogP contribution in [0.1, 0.15) is 28.7 Å². The smallest absolute Gasteiger partial charge is 0.320 e. The number of para-hydroxylation sites is 3. The summed E-state index contributed by atoms with van der Waals surface area (Å²) in [6.07, 6.45) is 0.262. The van der Waals surface area contributed by atoms with Gasteiger partial charge in [-0.1, -0.05) is 78.4 Å². The molecule has 0 aliphatic rings. The normalized spacial score (nSPS) is 11.8. The second-order valence-electron chi connectivity index (χ2n) is 9.47. The minimum Gasteiger partial charge on any atom is -0.489 e. The first kappa shape index (κ1) is 27.8. The van der Waals surface area contributed by atoms with Crippen LogP contribution in [0.4, 0.5) is 4.39 Å². The summed E-state index contributed by atoms with van der Waals surface area (Å²) >= 11 is 0. The number of hydrogen-bond acceptors (Lipinski definition) is 5. The Bertz CT molecular complexity index is 1390. The minimum atomic E-state index is -1.04. The molecule has 0 amide bonds. The van der Waals surface area contributed by atoms with E-state index in [1.807, 2.05) is 67.6 Å². The zero-order chi connectivity index (χ0) is 27.6. The molecule has 0 heterocycles. The third kappa shape index (κ3) is 8.14. The summed E-state index contributed by atoms with van der Waals surface area (Å²) < 4.78 is 26.4. The molecule has 3 N–H and O–H groups in total. The lowest BCUT2D eigenvalue weighted by Crippen LogP contribution is -2.35. The molecule has 0 aliphatic carbocycles. The van der Waals surface area contributed by atoms with Crippen LogP contribution in [0.3, 0.4) is 0 Å². The van der Waals surface area contributed by atoms with Gasteiger partial charge in [-0.25, -0.2) is 4.39 Å². The second kappa shape index (κ2) is 13.6. The van der Waals surface area contributed by atoms with Crippen LogP contribution in [0, 0.1) is 12.7 Å². The van der Waals surface area contributed by atoms with E-state index in [2.05, 4.69) is 11.0 Å². The first-order valence-corrected chi connectivity index (χ1v) is 12.9. The van der Waals surface area contributed by atoms with E-state index >= 15 is 0 Å². The molecule has 6 nitrogen and oxygen atoms in total. The Morgan fingerprint density at radius 1 is 0.872 bits per heavy atom. The maximum Gasteiger partial charge on any atom is 0.320 e. The number of aliphatic carboxylic acids is 1. The molecule has 7 heteroatoms. The standard InChI is InChI=1S/C32H33FN2O4/c1-23-9-8-10-24(19-23)22-38-29-14-5-2-11-25(29)20-35(18-17-28(34)32(36)37)21-26-12-3-6-15-30(26)39-31-16-7-4-13-27(31)33/h2-16,19,28H,17-18,20-22,34H2,1H3,(H,36,37). The number of hydrogen-bond donors (Lipinski definition) is 2. The molecular weight excluding hydrogens is 495 g/mol. The van der Waals surface area contributed by atoms with Gasteiger partial charge in [0.05, 0.1) is 0 Å². The Kier molecular flexibility index (Phi) is 9.67. The number of rotatable bonds is 13. The first-order chi connectivity index (χ1) is 18.9. The highest BCUT2D eigenvalue weighted by Crippen LogP contribution is 2.29. The minimum absolute atomic E-state index is 0.138. The van der Waals surface area contributed by atoms with Gasteiger partial charge in [-0.2, -0.15) is 0 Å². The van der Waals surface area contributed by atoms with Crippen molar-refractivity contribution in [2.75, 3.05) is 6.54 Å². The number of benzene rings is 4. The SMILES string of the molecule is Cc1cccc(COc2ccccc2CN(CCC(N)C(=O)O)Cc2ccccc2Oc2ccccc2F)c1. The number of carboxylic acid groups (broad SMARTS) is 1. The molecule has 0 aromatic heterocycles. The van der Waals surface area contributed by atoms with Crippen LogP contribution in [0.15, 0.2) is 97.1 Å². The maximum absolute atomic E-state index is 14.3. The number of carboxylic acids is 1. The average Bonchev–Trinajstić information content (AvgIpc) is 2.93.